The van der Waals surface area contributed by atoms with Crippen molar-refractivity contribution >= 4 is 16.9 Å². The Balaban J connectivity index is 1.50. The largest absolute Gasteiger partial charge is 0.454 e. The highest BCUT2D eigenvalue weighted by Crippen LogP contribution is 2.33. The Morgan fingerprint density at radius 1 is 1.10 bits per heavy atom. The quantitative estimate of drug-likeness (QED) is 0.555. The first kappa shape index (κ1) is 18.2. The van der Waals surface area contributed by atoms with Crippen molar-refractivity contribution < 1.29 is 14.3 Å². The summed E-state index contributed by atoms with van der Waals surface area (Å²) in [4.78, 5) is 17.5. The van der Waals surface area contributed by atoms with Gasteiger partial charge in [0.1, 0.15) is 0 Å². The third-order valence-electron chi connectivity index (χ3n) is 5.18. The highest BCUT2D eigenvalue weighted by atomic mass is 16.7. The summed E-state index contributed by atoms with van der Waals surface area (Å²) in [6.45, 7) is 0.171. The van der Waals surface area contributed by atoms with E-state index >= 15 is 0 Å². The number of rotatable bonds is 5. The zero-order valence-corrected chi connectivity index (χ0v) is 16.4. The third-order valence-corrected chi connectivity index (χ3v) is 5.18. The van der Waals surface area contributed by atoms with E-state index in [0.717, 1.165) is 22.3 Å². The Morgan fingerprint density at radius 3 is 2.80 bits per heavy atom. The van der Waals surface area contributed by atoms with Gasteiger partial charge < -0.3 is 14.8 Å². The number of aromatic nitrogens is 3. The van der Waals surface area contributed by atoms with Crippen LogP contribution in [-0.2, 0) is 13.5 Å². The lowest BCUT2D eigenvalue weighted by molar-refractivity contribution is 0.0935. The van der Waals surface area contributed by atoms with Gasteiger partial charge in [-0.25, -0.2) is 4.98 Å². The van der Waals surface area contributed by atoms with E-state index in [9.17, 15) is 4.79 Å². The molecule has 0 saturated heterocycles. The predicted molar refractivity (Wildman–Crippen MR) is 111 cm³/mol. The van der Waals surface area contributed by atoms with Crippen molar-refractivity contribution in [2.75, 3.05) is 6.79 Å². The van der Waals surface area contributed by atoms with Crippen LogP contribution < -0.4 is 14.8 Å². The summed E-state index contributed by atoms with van der Waals surface area (Å²) in [5, 5.41) is 8.76. The van der Waals surface area contributed by atoms with Crippen molar-refractivity contribution in [2.24, 2.45) is 7.05 Å². The minimum atomic E-state index is -0.321. The molecule has 0 radical (unpaired) electrons. The highest BCUT2D eigenvalue weighted by Gasteiger charge is 2.24. The third kappa shape index (κ3) is 3.34. The van der Waals surface area contributed by atoms with E-state index in [1.165, 1.54) is 0 Å². The minimum Gasteiger partial charge on any atom is -0.454 e. The van der Waals surface area contributed by atoms with Crippen molar-refractivity contribution in [3.8, 4) is 11.5 Å². The van der Waals surface area contributed by atoms with Crippen molar-refractivity contribution in [3.05, 3.63) is 83.7 Å². The average molecular weight is 400 g/mol. The molecule has 7 nitrogen and oxygen atoms in total. The van der Waals surface area contributed by atoms with Crippen LogP contribution in [0.4, 0.5) is 0 Å². The van der Waals surface area contributed by atoms with Crippen molar-refractivity contribution in [2.45, 2.75) is 12.5 Å². The van der Waals surface area contributed by atoms with Crippen molar-refractivity contribution in [1.82, 2.24) is 20.1 Å². The molecule has 1 aliphatic heterocycles. The van der Waals surface area contributed by atoms with Gasteiger partial charge in [-0.2, -0.15) is 5.10 Å². The molecule has 0 spiro atoms. The summed E-state index contributed by atoms with van der Waals surface area (Å²) in [7, 11) is 1.86. The van der Waals surface area contributed by atoms with Crippen molar-refractivity contribution in [1.29, 1.82) is 0 Å². The normalized spacial score (nSPS) is 13.4. The van der Waals surface area contributed by atoms with E-state index in [0.29, 0.717) is 23.5 Å². The van der Waals surface area contributed by atoms with Crippen LogP contribution >= 0.6 is 0 Å². The molecule has 3 heterocycles. The Bertz CT molecular complexity index is 1220. The lowest BCUT2D eigenvalue weighted by atomic mass is 10.0. The molecule has 30 heavy (non-hydrogen) atoms. The molecule has 2 aromatic carbocycles. The molecule has 7 heteroatoms. The molecule has 0 bridgehead atoms. The molecular formula is C23H20N4O3. The first-order chi connectivity index (χ1) is 14.7. The zero-order chi connectivity index (χ0) is 20.5. The van der Waals surface area contributed by atoms with Gasteiger partial charge in [0.2, 0.25) is 6.79 Å². The van der Waals surface area contributed by atoms with E-state index < -0.39 is 0 Å². The summed E-state index contributed by atoms with van der Waals surface area (Å²) in [5.41, 5.74) is 3.19. The average Bonchev–Trinajstić information content (AvgIpc) is 3.38. The molecule has 1 aliphatic rings. The van der Waals surface area contributed by atoms with E-state index in [1.807, 2.05) is 49.5 Å². The minimum absolute atomic E-state index is 0.171. The van der Waals surface area contributed by atoms with Gasteiger partial charge in [-0.1, -0.05) is 30.3 Å². The molecule has 0 aliphatic carbocycles. The summed E-state index contributed by atoms with van der Waals surface area (Å²) in [5.74, 6) is 1.03. The molecule has 1 amide bonds. The second kappa shape index (κ2) is 7.51. The molecule has 2 aromatic heterocycles. The fourth-order valence-corrected chi connectivity index (χ4v) is 3.72. The molecule has 5 rings (SSSR count). The summed E-state index contributed by atoms with van der Waals surface area (Å²) in [6, 6.07) is 18.8. The molecule has 4 aromatic rings. The standard InChI is InChI=1S/C23H20N4O3/c1-27-22-17(8-5-11-24-22)21(26-27)18(12-15-6-3-2-4-7-15)25-23(28)16-9-10-19-20(13-16)30-14-29-19/h2-11,13,18H,12,14H2,1H3,(H,25,28)/t18-/m1/s1. The number of amides is 1. The Hall–Kier alpha value is -3.87. The number of aryl methyl sites for hydroxylation is 1. The van der Waals surface area contributed by atoms with Gasteiger partial charge in [0.25, 0.3) is 5.91 Å². The fourth-order valence-electron chi connectivity index (χ4n) is 3.72. The van der Waals surface area contributed by atoms with E-state index in [2.05, 4.69) is 15.4 Å². The lowest BCUT2D eigenvalue weighted by Crippen LogP contribution is -2.30. The number of nitrogens with zero attached hydrogens (tertiary/aromatic N) is 3. The van der Waals surface area contributed by atoms with Crippen LogP contribution in [0.3, 0.4) is 0 Å². The van der Waals surface area contributed by atoms with Crippen LogP contribution in [0.5, 0.6) is 11.5 Å². The van der Waals surface area contributed by atoms with Gasteiger partial charge in [0, 0.05) is 24.2 Å². The second-order valence-corrected chi connectivity index (χ2v) is 7.17. The number of ether oxygens (including phenoxy) is 2. The number of pyridine rings is 1. The van der Waals surface area contributed by atoms with Crippen LogP contribution in [0.25, 0.3) is 11.0 Å². The van der Waals surface area contributed by atoms with Crippen LogP contribution in [0.15, 0.2) is 66.9 Å². The number of carbonyl (C=O) groups excluding carboxylic acids is 1. The smallest absolute Gasteiger partial charge is 0.251 e. The molecule has 0 saturated carbocycles. The number of nitrogens with one attached hydrogen (secondary N) is 1. The van der Waals surface area contributed by atoms with Crippen LogP contribution in [0, 0.1) is 0 Å². The van der Waals surface area contributed by atoms with Gasteiger partial charge >= 0.3 is 0 Å². The first-order valence-corrected chi connectivity index (χ1v) is 9.71. The zero-order valence-electron chi connectivity index (χ0n) is 16.4. The molecule has 150 valence electrons. The van der Waals surface area contributed by atoms with Crippen LogP contribution in [0.2, 0.25) is 0 Å². The Morgan fingerprint density at radius 2 is 1.93 bits per heavy atom. The summed E-state index contributed by atoms with van der Waals surface area (Å²) >= 11 is 0. The maximum Gasteiger partial charge on any atom is 0.251 e. The van der Waals surface area contributed by atoms with E-state index in [-0.39, 0.29) is 18.7 Å². The number of hydrogen-bond acceptors (Lipinski definition) is 5. The monoisotopic (exact) mass is 400 g/mol. The van der Waals surface area contributed by atoms with Gasteiger partial charge in [-0.15, -0.1) is 0 Å². The fraction of sp³-hybridized carbons (Fsp3) is 0.174. The second-order valence-electron chi connectivity index (χ2n) is 7.17. The maximum absolute atomic E-state index is 13.1. The lowest BCUT2D eigenvalue weighted by Gasteiger charge is -2.18. The van der Waals surface area contributed by atoms with Crippen LogP contribution in [-0.4, -0.2) is 27.5 Å². The van der Waals surface area contributed by atoms with Gasteiger partial charge in [0.05, 0.1) is 11.7 Å². The number of fused-ring (bicyclic) bond motifs is 2. The highest BCUT2D eigenvalue weighted by molar-refractivity contribution is 5.95. The van der Waals surface area contributed by atoms with Gasteiger partial charge in [0.15, 0.2) is 17.1 Å². The topological polar surface area (TPSA) is 78.3 Å². The van der Waals surface area contributed by atoms with Crippen LogP contribution in [0.1, 0.15) is 27.7 Å². The van der Waals surface area contributed by atoms with E-state index in [4.69, 9.17) is 9.47 Å². The molecule has 1 atom stereocenters. The first-order valence-electron chi connectivity index (χ1n) is 9.71. The molecule has 0 fully saturated rings. The van der Waals surface area contributed by atoms with Gasteiger partial charge in [-0.05, 0) is 42.3 Å². The Labute approximate surface area is 173 Å². The van der Waals surface area contributed by atoms with E-state index in [1.54, 1.807) is 29.1 Å². The molecule has 1 N–H and O–H groups in total. The molecular weight excluding hydrogens is 380 g/mol. The maximum atomic E-state index is 13.1. The Kier molecular flexibility index (Phi) is 4.55. The number of carbonyl (C=O) groups is 1. The van der Waals surface area contributed by atoms with Crippen molar-refractivity contribution in [3.63, 3.8) is 0 Å². The molecule has 0 unspecified atom stereocenters. The van der Waals surface area contributed by atoms with Gasteiger partial charge in [-0.3, -0.25) is 9.48 Å². The summed E-state index contributed by atoms with van der Waals surface area (Å²) in [6.07, 6.45) is 2.35. The predicted octanol–water partition coefficient (Wildman–Crippen LogP) is 3.41. The SMILES string of the molecule is Cn1nc([C@@H](Cc2ccccc2)NC(=O)c2ccc3c(c2)OCO3)c2cccnc21. The number of benzene rings is 2. The number of hydrogen-bond donors (Lipinski definition) is 1. The summed E-state index contributed by atoms with van der Waals surface area (Å²) < 4.78 is 12.5.